The molecule has 2 fully saturated rings. The van der Waals surface area contributed by atoms with Crippen molar-refractivity contribution in [3.05, 3.63) is 42.1 Å². The summed E-state index contributed by atoms with van der Waals surface area (Å²) < 4.78 is 5.53. The van der Waals surface area contributed by atoms with E-state index in [4.69, 9.17) is 19.7 Å². The van der Waals surface area contributed by atoms with Crippen LogP contribution >= 0.6 is 12.4 Å². The Morgan fingerprint density at radius 3 is 2.53 bits per heavy atom. The lowest BCUT2D eigenvalue weighted by atomic mass is 10.1. The van der Waals surface area contributed by atoms with E-state index < -0.39 is 0 Å². The molecule has 5 rings (SSSR count). The van der Waals surface area contributed by atoms with Crippen molar-refractivity contribution < 1.29 is 9.84 Å². The first-order chi connectivity index (χ1) is 15.2. The molecule has 0 amide bonds. The van der Waals surface area contributed by atoms with E-state index in [1.807, 2.05) is 18.3 Å². The number of nitrogens with zero attached hydrogens (tertiary/aromatic N) is 6. The van der Waals surface area contributed by atoms with Crippen molar-refractivity contribution in [3.8, 4) is 17.1 Å². The van der Waals surface area contributed by atoms with Crippen molar-refractivity contribution in [1.82, 2.24) is 24.8 Å². The van der Waals surface area contributed by atoms with Gasteiger partial charge in [0, 0.05) is 57.6 Å². The van der Waals surface area contributed by atoms with Gasteiger partial charge in [0.05, 0.1) is 18.7 Å². The second-order valence-electron chi connectivity index (χ2n) is 8.31. The van der Waals surface area contributed by atoms with Gasteiger partial charge in [-0.05, 0) is 30.8 Å². The molecule has 0 unspecified atom stereocenters. The Morgan fingerprint density at radius 2 is 1.78 bits per heavy atom. The van der Waals surface area contributed by atoms with Crippen LogP contribution in [0.15, 0.2) is 36.5 Å². The Hall–Kier alpha value is -2.52. The van der Waals surface area contributed by atoms with Crippen molar-refractivity contribution in [1.29, 1.82) is 0 Å². The minimum atomic E-state index is 0. The molecule has 1 aromatic carbocycles. The zero-order chi connectivity index (χ0) is 21.2. The third-order valence-electron chi connectivity index (χ3n) is 5.99. The fraction of sp³-hybridized carbons (Fsp3) is 0.435. The van der Waals surface area contributed by atoms with E-state index in [0.717, 1.165) is 73.8 Å². The highest BCUT2D eigenvalue weighted by Crippen LogP contribution is 2.29. The fourth-order valence-corrected chi connectivity index (χ4v) is 4.17. The molecular formula is C23H29ClN6O2. The highest BCUT2D eigenvalue weighted by molar-refractivity contribution is 5.88. The van der Waals surface area contributed by atoms with Gasteiger partial charge in [-0.1, -0.05) is 12.1 Å². The molecule has 2 aliphatic heterocycles. The van der Waals surface area contributed by atoms with Gasteiger partial charge >= 0.3 is 0 Å². The highest BCUT2D eigenvalue weighted by atomic mass is 35.5. The lowest BCUT2D eigenvalue weighted by Gasteiger charge is -2.32. The highest BCUT2D eigenvalue weighted by Gasteiger charge is 2.20. The molecule has 32 heavy (non-hydrogen) atoms. The molecule has 3 aromatic rings. The summed E-state index contributed by atoms with van der Waals surface area (Å²) in [5.74, 6) is 1.64. The zero-order valence-corrected chi connectivity index (χ0v) is 19.1. The van der Waals surface area contributed by atoms with Gasteiger partial charge in [-0.25, -0.2) is 9.97 Å². The average molecular weight is 457 g/mol. The van der Waals surface area contributed by atoms with Crippen LogP contribution in [0.5, 0.6) is 5.75 Å². The summed E-state index contributed by atoms with van der Waals surface area (Å²) in [6, 6.07) is 9.23. The van der Waals surface area contributed by atoms with Crippen LogP contribution in [0.4, 0.5) is 5.82 Å². The predicted molar refractivity (Wildman–Crippen MR) is 127 cm³/mol. The summed E-state index contributed by atoms with van der Waals surface area (Å²) in [7, 11) is 2.17. The van der Waals surface area contributed by atoms with E-state index in [1.165, 1.54) is 0 Å². The number of halogens is 1. The number of piperazine rings is 1. The number of rotatable bonds is 4. The molecule has 0 bridgehead atoms. The minimum Gasteiger partial charge on any atom is -0.508 e. The largest absolute Gasteiger partial charge is 0.508 e. The van der Waals surface area contributed by atoms with Gasteiger partial charge in [-0.3, -0.25) is 9.88 Å². The lowest BCUT2D eigenvalue weighted by molar-refractivity contribution is 0.122. The predicted octanol–water partition coefficient (Wildman–Crippen LogP) is 2.40. The number of morpholine rings is 1. The summed E-state index contributed by atoms with van der Waals surface area (Å²) in [4.78, 5) is 21.5. The fourth-order valence-electron chi connectivity index (χ4n) is 4.17. The molecular weight excluding hydrogens is 428 g/mol. The van der Waals surface area contributed by atoms with Crippen LogP contribution in [-0.2, 0) is 11.3 Å². The van der Waals surface area contributed by atoms with Crippen molar-refractivity contribution in [2.45, 2.75) is 6.54 Å². The summed E-state index contributed by atoms with van der Waals surface area (Å²) in [6.45, 7) is 8.07. The maximum absolute atomic E-state index is 9.95. The molecule has 2 aliphatic rings. The van der Waals surface area contributed by atoms with Crippen LogP contribution in [0.1, 0.15) is 5.56 Å². The van der Waals surface area contributed by atoms with Gasteiger partial charge in [0.1, 0.15) is 11.3 Å². The van der Waals surface area contributed by atoms with Gasteiger partial charge in [0.15, 0.2) is 11.6 Å². The van der Waals surface area contributed by atoms with Crippen LogP contribution in [0, 0.1) is 0 Å². The summed E-state index contributed by atoms with van der Waals surface area (Å²) >= 11 is 0. The monoisotopic (exact) mass is 456 g/mol. The molecule has 0 spiro atoms. The average Bonchev–Trinajstić information content (AvgIpc) is 2.80. The molecule has 4 heterocycles. The topological polar surface area (TPSA) is 77.9 Å². The van der Waals surface area contributed by atoms with E-state index in [1.54, 1.807) is 12.1 Å². The summed E-state index contributed by atoms with van der Waals surface area (Å²) in [5.41, 5.74) is 3.60. The van der Waals surface area contributed by atoms with Crippen molar-refractivity contribution >= 4 is 29.3 Å². The van der Waals surface area contributed by atoms with Gasteiger partial charge in [-0.15, -0.1) is 12.4 Å². The number of aromatic nitrogens is 3. The number of phenols is 1. The van der Waals surface area contributed by atoms with Crippen LogP contribution in [0.2, 0.25) is 0 Å². The first kappa shape index (κ1) is 22.7. The number of hydrogen-bond acceptors (Lipinski definition) is 8. The third-order valence-corrected chi connectivity index (χ3v) is 5.99. The number of aromatic hydroxyl groups is 1. The Balaban J connectivity index is 0.00000245. The molecule has 0 saturated carbocycles. The van der Waals surface area contributed by atoms with E-state index in [0.29, 0.717) is 19.0 Å². The molecule has 0 aliphatic carbocycles. The van der Waals surface area contributed by atoms with Crippen LogP contribution in [0.25, 0.3) is 22.4 Å². The summed E-state index contributed by atoms with van der Waals surface area (Å²) in [5, 5.41) is 9.95. The Bertz CT molecular complexity index is 1070. The standard InChI is InChI=1S/C23H28N6O2.ClH/c1-27-5-7-28(8-6-27)16-17-13-20-21(24-15-17)23(29-9-11-31-12-10-29)26-22(25-20)18-3-2-4-19(30)14-18;/h2-4,13-15,30H,5-12,16H2,1H3;1H. The van der Waals surface area contributed by atoms with E-state index in [-0.39, 0.29) is 18.2 Å². The summed E-state index contributed by atoms with van der Waals surface area (Å²) in [6.07, 6.45) is 1.96. The third kappa shape index (κ3) is 4.94. The number of hydrogen-bond donors (Lipinski definition) is 1. The minimum absolute atomic E-state index is 0. The number of phenolic OH excluding ortho intramolecular Hbond substituents is 1. The smallest absolute Gasteiger partial charge is 0.162 e. The molecule has 170 valence electrons. The second-order valence-corrected chi connectivity index (χ2v) is 8.31. The Labute approximate surface area is 194 Å². The van der Waals surface area contributed by atoms with E-state index in [2.05, 4.69) is 27.8 Å². The normalized spacial score (nSPS) is 18.0. The molecule has 9 heteroatoms. The molecule has 0 radical (unpaired) electrons. The molecule has 1 N–H and O–H groups in total. The van der Waals surface area contributed by atoms with Crippen LogP contribution in [0.3, 0.4) is 0 Å². The van der Waals surface area contributed by atoms with E-state index >= 15 is 0 Å². The zero-order valence-electron chi connectivity index (χ0n) is 18.3. The number of fused-ring (bicyclic) bond motifs is 1. The Morgan fingerprint density at radius 1 is 1.00 bits per heavy atom. The number of pyridine rings is 1. The number of benzene rings is 1. The van der Waals surface area contributed by atoms with Crippen LogP contribution in [-0.4, -0.2) is 89.4 Å². The van der Waals surface area contributed by atoms with Crippen LogP contribution < -0.4 is 4.90 Å². The van der Waals surface area contributed by atoms with Crippen molar-refractivity contribution in [2.24, 2.45) is 0 Å². The van der Waals surface area contributed by atoms with Gasteiger partial charge in [0.2, 0.25) is 0 Å². The maximum atomic E-state index is 9.95. The SMILES string of the molecule is CN1CCN(Cc2cnc3c(N4CCOCC4)nc(-c4cccc(O)c4)nc3c2)CC1.Cl. The first-order valence-electron chi connectivity index (χ1n) is 10.9. The number of ether oxygens (including phenoxy) is 1. The molecule has 2 aromatic heterocycles. The molecule has 0 atom stereocenters. The van der Waals surface area contributed by atoms with Gasteiger partial charge in [0.25, 0.3) is 0 Å². The van der Waals surface area contributed by atoms with E-state index in [9.17, 15) is 5.11 Å². The maximum Gasteiger partial charge on any atom is 0.162 e. The van der Waals surface area contributed by atoms with Gasteiger partial charge in [-0.2, -0.15) is 0 Å². The number of anilines is 1. The number of likely N-dealkylation sites (N-methyl/N-ethyl adjacent to an activating group) is 1. The molecule has 2 saturated heterocycles. The van der Waals surface area contributed by atoms with Gasteiger partial charge < -0.3 is 19.6 Å². The van der Waals surface area contributed by atoms with Crippen molar-refractivity contribution in [2.75, 3.05) is 64.4 Å². The lowest BCUT2D eigenvalue weighted by Crippen LogP contribution is -2.43. The first-order valence-corrected chi connectivity index (χ1v) is 10.9. The van der Waals surface area contributed by atoms with Crippen molar-refractivity contribution in [3.63, 3.8) is 0 Å². The Kier molecular flexibility index (Phi) is 7.05. The molecule has 8 nitrogen and oxygen atoms in total. The quantitative estimate of drug-likeness (QED) is 0.641. The second kappa shape index (κ2) is 9.95.